The third-order valence-electron chi connectivity index (χ3n) is 3.39. The Morgan fingerprint density at radius 1 is 1.55 bits per heavy atom. The second-order valence-electron chi connectivity index (χ2n) is 5.39. The normalized spacial score (nSPS) is 22.6. The van der Waals surface area contributed by atoms with Crippen molar-refractivity contribution in [2.45, 2.75) is 18.6 Å². The van der Waals surface area contributed by atoms with E-state index in [1.165, 1.54) is 0 Å². The van der Waals surface area contributed by atoms with Crippen molar-refractivity contribution >= 4 is 33.4 Å². The van der Waals surface area contributed by atoms with Crippen molar-refractivity contribution in [2.24, 2.45) is 0 Å². The van der Waals surface area contributed by atoms with E-state index in [2.05, 4.69) is 15.9 Å². The summed E-state index contributed by atoms with van der Waals surface area (Å²) in [5.41, 5.74) is 0.576. The Morgan fingerprint density at radius 3 is 2.85 bits per heavy atom. The summed E-state index contributed by atoms with van der Waals surface area (Å²) < 4.78 is 0.681. The molecule has 6 heteroatoms. The van der Waals surface area contributed by atoms with Gasteiger partial charge >= 0.3 is 0 Å². The minimum Gasteiger partial charge on any atom is -0.391 e. The molecule has 0 aliphatic carbocycles. The number of benzene rings is 1. The van der Waals surface area contributed by atoms with Gasteiger partial charge in [-0.3, -0.25) is 4.79 Å². The molecule has 2 rings (SSSR count). The number of aliphatic hydroxyl groups is 1. The molecule has 1 heterocycles. The molecule has 1 saturated heterocycles. The van der Waals surface area contributed by atoms with Crippen LogP contribution >= 0.6 is 27.5 Å². The maximum atomic E-state index is 12.6. The third kappa shape index (κ3) is 3.52. The van der Waals surface area contributed by atoms with Crippen molar-refractivity contribution in [3.63, 3.8) is 0 Å². The number of hydrogen-bond donors (Lipinski definition) is 1. The minimum atomic E-state index is -0.449. The molecule has 0 saturated carbocycles. The number of likely N-dealkylation sites (tertiary alicyclic amines) is 1. The van der Waals surface area contributed by atoms with Crippen LogP contribution in [0.25, 0.3) is 0 Å². The van der Waals surface area contributed by atoms with Crippen LogP contribution in [0.15, 0.2) is 22.7 Å². The molecule has 1 aromatic rings. The van der Waals surface area contributed by atoms with Gasteiger partial charge in [-0.05, 0) is 54.6 Å². The zero-order chi connectivity index (χ0) is 14.9. The minimum absolute atomic E-state index is 0.0371. The van der Waals surface area contributed by atoms with Crippen molar-refractivity contribution in [1.29, 1.82) is 0 Å². The van der Waals surface area contributed by atoms with Crippen LogP contribution in [0.5, 0.6) is 0 Å². The lowest BCUT2D eigenvalue weighted by Crippen LogP contribution is -2.41. The van der Waals surface area contributed by atoms with E-state index in [1.807, 2.05) is 19.0 Å². The van der Waals surface area contributed by atoms with Gasteiger partial charge in [0.15, 0.2) is 0 Å². The molecular formula is C14H18BrClN2O2. The van der Waals surface area contributed by atoms with Crippen molar-refractivity contribution in [2.75, 3.05) is 27.2 Å². The van der Waals surface area contributed by atoms with E-state index in [1.54, 1.807) is 23.1 Å². The van der Waals surface area contributed by atoms with Gasteiger partial charge in [0.05, 0.1) is 11.7 Å². The van der Waals surface area contributed by atoms with Gasteiger partial charge in [-0.2, -0.15) is 0 Å². The van der Waals surface area contributed by atoms with Gasteiger partial charge in [-0.1, -0.05) is 11.6 Å². The second kappa shape index (κ2) is 6.43. The number of hydrogen-bond acceptors (Lipinski definition) is 3. The van der Waals surface area contributed by atoms with Crippen LogP contribution in [0.2, 0.25) is 5.02 Å². The Hall–Kier alpha value is -0.620. The van der Waals surface area contributed by atoms with Crippen LogP contribution in [0.3, 0.4) is 0 Å². The van der Waals surface area contributed by atoms with E-state index in [9.17, 15) is 9.90 Å². The van der Waals surface area contributed by atoms with Gasteiger partial charge in [0, 0.05) is 28.6 Å². The highest BCUT2D eigenvalue weighted by Gasteiger charge is 2.35. The average molecular weight is 362 g/mol. The zero-order valence-electron chi connectivity index (χ0n) is 11.5. The monoisotopic (exact) mass is 360 g/mol. The van der Waals surface area contributed by atoms with Crippen LogP contribution in [0, 0.1) is 0 Å². The summed E-state index contributed by atoms with van der Waals surface area (Å²) in [5.74, 6) is -0.0723. The van der Waals surface area contributed by atoms with E-state index >= 15 is 0 Å². The molecule has 2 atom stereocenters. The number of nitrogens with zero attached hydrogens (tertiary/aromatic N) is 2. The summed E-state index contributed by atoms with van der Waals surface area (Å²) in [6.07, 6.45) is 0.171. The highest BCUT2D eigenvalue weighted by Crippen LogP contribution is 2.26. The largest absolute Gasteiger partial charge is 0.391 e. The Bertz CT molecular complexity index is 510. The zero-order valence-corrected chi connectivity index (χ0v) is 13.9. The molecule has 1 amide bonds. The van der Waals surface area contributed by atoms with Crippen LogP contribution in [0.4, 0.5) is 0 Å². The molecule has 1 fully saturated rings. The Balaban J connectivity index is 2.22. The highest BCUT2D eigenvalue weighted by atomic mass is 79.9. The molecule has 1 aliphatic heterocycles. The molecule has 110 valence electrons. The summed E-state index contributed by atoms with van der Waals surface area (Å²) in [7, 11) is 3.93. The molecule has 0 radical (unpaired) electrons. The maximum absolute atomic E-state index is 12.6. The van der Waals surface area contributed by atoms with Crippen LogP contribution in [0.1, 0.15) is 16.8 Å². The van der Waals surface area contributed by atoms with Gasteiger partial charge in [-0.15, -0.1) is 0 Å². The Kier molecular flexibility index (Phi) is 5.07. The fraction of sp³-hybridized carbons (Fsp3) is 0.500. The van der Waals surface area contributed by atoms with Crippen LogP contribution in [-0.2, 0) is 0 Å². The van der Waals surface area contributed by atoms with E-state index in [4.69, 9.17) is 11.6 Å². The van der Waals surface area contributed by atoms with Gasteiger partial charge in [0.25, 0.3) is 5.91 Å². The fourth-order valence-corrected chi connectivity index (χ4v) is 3.41. The van der Waals surface area contributed by atoms with Crippen LogP contribution in [-0.4, -0.2) is 60.1 Å². The van der Waals surface area contributed by atoms with Crippen molar-refractivity contribution in [3.8, 4) is 0 Å². The molecule has 2 unspecified atom stereocenters. The number of amides is 1. The number of halogens is 2. The number of carbonyl (C=O) groups is 1. The summed E-state index contributed by atoms with van der Waals surface area (Å²) in [6.45, 7) is 1.13. The number of β-amino-alcohol motifs (C(OH)–C–C–N with tert-alkyl or cyclic N) is 1. The summed E-state index contributed by atoms with van der Waals surface area (Å²) in [4.78, 5) is 16.4. The van der Waals surface area contributed by atoms with Gasteiger partial charge in [0.2, 0.25) is 0 Å². The number of rotatable bonds is 3. The summed E-state index contributed by atoms with van der Waals surface area (Å²) in [5, 5.41) is 10.4. The van der Waals surface area contributed by atoms with Gasteiger partial charge in [-0.25, -0.2) is 0 Å². The SMILES string of the molecule is CN(C)CC1CC(O)CN1C(=O)c1ccc(Cl)cc1Br. The summed E-state index contributed by atoms with van der Waals surface area (Å²) in [6, 6.07) is 5.16. The quantitative estimate of drug-likeness (QED) is 0.898. The van der Waals surface area contributed by atoms with Gasteiger partial charge in [0.1, 0.15) is 0 Å². The molecule has 1 aromatic carbocycles. The van der Waals surface area contributed by atoms with E-state index in [0.717, 1.165) is 6.54 Å². The number of likely N-dealkylation sites (N-methyl/N-ethyl adjacent to an activating group) is 1. The fourth-order valence-electron chi connectivity index (χ4n) is 2.55. The van der Waals surface area contributed by atoms with Crippen molar-refractivity contribution in [3.05, 3.63) is 33.3 Å². The first-order chi connectivity index (χ1) is 9.38. The molecular weight excluding hydrogens is 344 g/mol. The van der Waals surface area contributed by atoms with Crippen LogP contribution < -0.4 is 0 Å². The lowest BCUT2D eigenvalue weighted by atomic mass is 10.1. The summed E-state index contributed by atoms with van der Waals surface area (Å²) >= 11 is 9.28. The lowest BCUT2D eigenvalue weighted by molar-refractivity contribution is 0.0698. The van der Waals surface area contributed by atoms with Gasteiger partial charge < -0.3 is 14.9 Å². The maximum Gasteiger partial charge on any atom is 0.255 e. The average Bonchev–Trinajstić information content (AvgIpc) is 2.68. The molecule has 20 heavy (non-hydrogen) atoms. The molecule has 0 bridgehead atoms. The molecule has 1 N–H and O–H groups in total. The topological polar surface area (TPSA) is 43.8 Å². The second-order valence-corrected chi connectivity index (χ2v) is 6.68. The predicted octanol–water partition coefficient (Wildman–Crippen LogP) is 2.24. The van der Waals surface area contributed by atoms with E-state index in [-0.39, 0.29) is 11.9 Å². The smallest absolute Gasteiger partial charge is 0.255 e. The van der Waals surface area contributed by atoms with Crippen molar-refractivity contribution < 1.29 is 9.90 Å². The Labute approximate surface area is 132 Å². The molecule has 0 spiro atoms. The first-order valence-corrected chi connectivity index (χ1v) is 7.64. The first kappa shape index (κ1) is 15.8. The standard InChI is InChI=1S/C14H18BrClN2O2/c1-17(2)7-10-6-11(19)8-18(10)14(20)12-4-3-9(16)5-13(12)15/h3-5,10-11,19H,6-8H2,1-2H3. The molecule has 1 aliphatic rings. The third-order valence-corrected chi connectivity index (χ3v) is 4.28. The Morgan fingerprint density at radius 2 is 2.25 bits per heavy atom. The number of aliphatic hydroxyl groups excluding tert-OH is 1. The number of carbonyl (C=O) groups excluding carboxylic acids is 1. The van der Waals surface area contributed by atoms with E-state index in [0.29, 0.717) is 28.0 Å². The lowest BCUT2D eigenvalue weighted by Gasteiger charge is -2.27. The first-order valence-electron chi connectivity index (χ1n) is 6.47. The molecule has 4 nitrogen and oxygen atoms in total. The predicted molar refractivity (Wildman–Crippen MR) is 83.2 cm³/mol. The van der Waals surface area contributed by atoms with Crippen molar-refractivity contribution in [1.82, 2.24) is 9.80 Å². The van der Waals surface area contributed by atoms with E-state index < -0.39 is 6.10 Å². The highest BCUT2D eigenvalue weighted by molar-refractivity contribution is 9.10. The molecule has 0 aromatic heterocycles.